The molecule has 1 amide bonds. The van der Waals surface area contributed by atoms with E-state index in [4.69, 9.17) is 10.2 Å². The van der Waals surface area contributed by atoms with Crippen molar-refractivity contribution in [2.45, 2.75) is 37.7 Å². The van der Waals surface area contributed by atoms with Crippen LogP contribution in [-0.2, 0) is 10.0 Å². The van der Waals surface area contributed by atoms with Crippen LogP contribution < -0.4 is 5.73 Å². The van der Waals surface area contributed by atoms with Crippen molar-refractivity contribution in [1.82, 2.24) is 9.21 Å². The van der Waals surface area contributed by atoms with Gasteiger partial charge in [0.2, 0.25) is 5.09 Å². The summed E-state index contributed by atoms with van der Waals surface area (Å²) in [5.74, 6) is -0.915. The highest BCUT2D eigenvalue weighted by molar-refractivity contribution is 7.89. The zero-order chi connectivity index (χ0) is 16.9. The fourth-order valence-corrected chi connectivity index (χ4v) is 4.01. The van der Waals surface area contributed by atoms with Crippen molar-refractivity contribution < 1.29 is 17.6 Å². The molecule has 0 radical (unpaired) electrons. The average molecular weight is 343 g/mol. The number of furan rings is 1. The first-order chi connectivity index (χ1) is 10.9. The van der Waals surface area contributed by atoms with Crippen molar-refractivity contribution in [1.29, 1.82) is 0 Å². The molecular formula is C15H25N3O4S. The highest BCUT2D eigenvalue weighted by atomic mass is 32.2. The summed E-state index contributed by atoms with van der Waals surface area (Å²) >= 11 is 0. The fraction of sp³-hybridized carbons (Fsp3) is 0.667. The maximum atomic E-state index is 12.5. The summed E-state index contributed by atoms with van der Waals surface area (Å²) in [6.45, 7) is 5.50. The minimum atomic E-state index is -3.70. The molecule has 8 heteroatoms. The van der Waals surface area contributed by atoms with E-state index in [0.29, 0.717) is 13.1 Å². The van der Waals surface area contributed by atoms with E-state index in [-0.39, 0.29) is 10.9 Å². The highest BCUT2D eigenvalue weighted by Crippen LogP contribution is 2.20. The highest BCUT2D eigenvalue weighted by Gasteiger charge is 2.31. The Balaban J connectivity index is 1.89. The molecule has 1 aliphatic rings. The van der Waals surface area contributed by atoms with Gasteiger partial charge in [-0.2, -0.15) is 4.31 Å². The van der Waals surface area contributed by atoms with Crippen LogP contribution in [0, 0.1) is 0 Å². The number of sulfonamides is 1. The Morgan fingerprint density at radius 3 is 2.43 bits per heavy atom. The molecule has 0 aromatic carbocycles. The summed E-state index contributed by atoms with van der Waals surface area (Å²) < 4.78 is 31.4. The monoisotopic (exact) mass is 343 g/mol. The summed E-state index contributed by atoms with van der Waals surface area (Å²) in [6, 6.07) is 2.58. The molecule has 0 aliphatic carbocycles. The number of carbonyl (C=O) groups is 1. The smallest absolute Gasteiger partial charge is 0.284 e. The average Bonchev–Trinajstić information content (AvgIpc) is 3.03. The van der Waals surface area contributed by atoms with E-state index in [1.165, 1.54) is 35.7 Å². The van der Waals surface area contributed by atoms with Gasteiger partial charge in [0, 0.05) is 26.2 Å². The number of hydrogen-bond acceptors (Lipinski definition) is 5. The summed E-state index contributed by atoms with van der Waals surface area (Å²) in [4.78, 5) is 13.3. The molecular weight excluding hydrogens is 318 g/mol. The van der Waals surface area contributed by atoms with Crippen LogP contribution in [0.1, 0.15) is 43.2 Å². The van der Waals surface area contributed by atoms with E-state index in [1.807, 2.05) is 0 Å². The molecule has 2 heterocycles. The third kappa shape index (κ3) is 4.55. The van der Waals surface area contributed by atoms with Crippen LogP contribution in [-0.4, -0.2) is 56.3 Å². The van der Waals surface area contributed by atoms with Gasteiger partial charge in [-0.3, -0.25) is 4.79 Å². The molecule has 130 valence electrons. The molecule has 2 rings (SSSR count). The SMILES string of the molecule is CCCCCCN1CCN(S(=O)(=O)c2ccc(C(N)=O)o2)CC1. The minimum Gasteiger partial charge on any atom is -0.438 e. The largest absolute Gasteiger partial charge is 0.438 e. The van der Waals surface area contributed by atoms with Gasteiger partial charge in [0.05, 0.1) is 0 Å². The lowest BCUT2D eigenvalue weighted by Gasteiger charge is -2.33. The van der Waals surface area contributed by atoms with Gasteiger partial charge in [0.25, 0.3) is 15.9 Å². The number of unbranched alkanes of at least 4 members (excludes halogenated alkanes) is 3. The lowest BCUT2D eigenvalue weighted by Crippen LogP contribution is -2.48. The molecule has 2 N–H and O–H groups in total. The van der Waals surface area contributed by atoms with E-state index in [0.717, 1.165) is 26.1 Å². The minimum absolute atomic E-state index is 0.141. The molecule has 1 fully saturated rings. The summed E-state index contributed by atoms with van der Waals surface area (Å²) in [6.07, 6.45) is 4.83. The Hall–Kier alpha value is -1.38. The van der Waals surface area contributed by atoms with Crippen molar-refractivity contribution in [2.24, 2.45) is 5.73 Å². The normalized spacial score (nSPS) is 17.4. The lowest BCUT2D eigenvalue weighted by atomic mass is 10.2. The van der Waals surface area contributed by atoms with Gasteiger partial charge >= 0.3 is 0 Å². The van der Waals surface area contributed by atoms with Crippen molar-refractivity contribution >= 4 is 15.9 Å². The quantitative estimate of drug-likeness (QED) is 0.717. The molecule has 0 saturated carbocycles. The van der Waals surface area contributed by atoms with Gasteiger partial charge in [-0.15, -0.1) is 0 Å². The number of primary amides is 1. The maximum Gasteiger partial charge on any atom is 0.284 e. The number of rotatable bonds is 8. The summed E-state index contributed by atoms with van der Waals surface area (Å²) in [5.41, 5.74) is 5.09. The zero-order valence-corrected chi connectivity index (χ0v) is 14.3. The molecule has 7 nitrogen and oxygen atoms in total. The van der Waals surface area contributed by atoms with Gasteiger partial charge in [-0.1, -0.05) is 26.2 Å². The predicted molar refractivity (Wildman–Crippen MR) is 86.6 cm³/mol. The second kappa shape index (κ2) is 7.94. The standard InChI is InChI=1S/C15H25N3O4S/c1-2-3-4-5-8-17-9-11-18(12-10-17)23(20,21)14-7-6-13(22-14)15(16)19/h6-7H,2-5,8-12H2,1H3,(H2,16,19). The Bertz CT molecular complexity index is 618. The Kier molecular flexibility index (Phi) is 6.20. The number of hydrogen-bond donors (Lipinski definition) is 1. The second-order valence-electron chi connectivity index (χ2n) is 5.79. The molecule has 0 unspecified atom stereocenters. The van der Waals surface area contributed by atoms with Crippen LogP contribution in [0.2, 0.25) is 0 Å². The Morgan fingerprint density at radius 2 is 1.87 bits per heavy atom. The van der Waals surface area contributed by atoms with Gasteiger partial charge in [-0.05, 0) is 25.1 Å². The summed E-state index contributed by atoms with van der Waals surface area (Å²) in [7, 11) is -3.70. The molecule has 1 aromatic rings. The van der Waals surface area contributed by atoms with Crippen LogP contribution >= 0.6 is 0 Å². The van der Waals surface area contributed by atoms with E-state index < -0.39 is 15.9 Å². The maximum absolute atomic E-state index is 12.5. The van der Waals surface area contributed by atoms with Gasteiger partial charge in [0.1, 0.15) is 0 Å². The van der Waals surface area contributed by atoms with Crippen LogP contribution in [0.5, 0.6) is 0 Å². The lowest BCUT2D eigenvalue weighted by molar-refractivity contribution is 0.0968. The van der Waals surface area contributed by atoms with Gasteiger partial charge in [0.15, 0.2) is 5.76 Å². The zero-order valence-electron chi connectivity index (χ0n) is 13.5. The summed E-state index contributed by atoms with van der Waals surface area (Å²) in [5, 5.41) is -0.220. The van der Waals surface area contributed by atoms with Gasteiger partial charge < -0.3 is 15.1 Å². The molecule has 0 bridgehead atoms. The third-order valence-electron chi connectivity index (χ3n) is 4.08. The number of nitrogens with two attached hydrogens (primary N) is 1. The molecule has 23 heavy (non-hydrogen) atoms. The second-order valence-corrected chi connectivity index (χ2v) is 7.66. The van der Waals surface area contributed by atoms with Crippen molar-refractivity contribution in [2.75, 3.05) is 32.7 Å². The van der Waals surface area contributed by atoms with Gasteiger partial charge in [-0.25, -0.2) is 8.42 Å². The van der Waals surface area contributed by atoms with Crippen molar-refractivity contribution in [3.05, 3.63) is 17.9 Å². The molecule has 0 spiro atoms. The molecule has 0 atom stereocenters. The molecule has 1 aliphatic heterocycles. The van der Waals surface area contributed by atoms with E-state index in [2.05, 4.69) is 11.8 Å². The topological polar surface area (TPSA) is 96.9 Å². The first-order valence-electron chi connectivity index (χ1n) is 8.07. The first-order valence-corrected chi connectivity index (χ1v) is 9.51. The number of nitrogens with zero attached hydrogens (tertiary/aromatic N) is 2. The van der Waals surface area contributed by atoms with E-state index in [9.17, 15) is 13.2 Å². The van der Waals surface area contributed by atoms with Crippen LogP contribution in [0.25, 0.3) is 0 Å². The van der Waals surface area contributed by atoms with E-state index in [1.54, 1.807) is 0 Å². The third-order valence-corrected chi connectivity index (χ3v) is 5.85. The van der Waals surface area contributed by atoms with Crippen LogP contribution in [0.3, 0.4) is 0 Å². The molecule has 1 aromatic heterocycles. The van der Waals surface area contributed by atoms with E-state index >= 15 is 0 Å². The number of amides is 1. The molecule has 1 saturated heterocycles. The predicted octanol–water partition coefficient (Wildman–Crippen LogP) is 1.27. The van der Waals surface area contributed by atoms with Crippen LogP contribution in [0.15, 0.2) is 21.6 Å². The number of carbonyl (C=O) groups excluding carboxylic acids is 1. The fourth-order valence-electron chi connectivity index (χ4n) is 2.67. The Labute approximate surface area is 137 Å². The Morgan fingerprint density at radius 1 is 1.17 bits per heavy atom. The van der Waals surface area contributed by atoms with Crippen molar-refractivity contribution in [3.8, 4) is 0 Å². The first kappa shape index (κ1) is 18.0. The van der Waals surface area contributed by atoms with Crippen molar-refractivity contribution in [3.63, 3.8) is 0 Å². The van der Waals surface area contributed by atoms with Crippen LogP contribution in [0.4, 0.5) is 0 Å². The number of piperazine rings is 1.